The summed E-state index contributed by atoms with van der Waals surface area (Å²) in [4.78, 5) is 16.3. The maximum atomic E-state index is 13.1. The zero-order valence-electron chi connectivity index (χ0n) is 12.8. The number of rotatable bonds is 5. The van der Waals surface area contributed by atoms with Gasteiger partial charge < -0.3 is 14.6 Å². The summed E-state index contributed by atoms with van der Waals surface area (Å²) >= 11 is 0. The van der Waals surface area contributed by atoms with Crippen molar-refractivity contribution in [1.29, 1.82) is 0 Å². The van der Waals surface area contributed by atoms with Crippen LogP contribution in [-0.4, -0.2) is 23.2 Å². The first-order valence-corrected chi connectivity index (χ1v) is 7.16. The third kappa shape index (κ3) is 3.24. The van der Waals surface area contributed by atoms with Crippen molar-refractivity contribution < 1.29 is 18.4 Å². The predicted octanol–water partition coefficient (Wildman–Crippen LogP) is 3.27. The number of pyridine rings is 1. The fraction of sp³-hybridized carbons (Fsp3) is 0.118. The number of anilines is 1. The van der Waals surface area contributed by atoms with Gasteiger partial charge in [-0.2, -0.15) is 0 Å². The Morgan fingerprint density at radius 2 is 2.04 bits per heavy atom. The standard InChI is InChI=1S/C17H14FN3O3/c1-23-17(22)14-15(11-5-7-12(18)8-6-11)21-24-16(14)20-10-13-4-2-3-9-19-13/h2-9,20H,10H2,1H3. The van der Waals surface area contributed by atoms with Crippen molar-refractivity contribution in [3.63, 3.8) is 0 Å². The molecule has 0 fully saturated rings. The molecule has 7 heteroatoms. The zero-order valence-corrected chi connectivity index (χ0v) is 12.8. The summed E-state index contributed by atoms with van der Waals surface area (Å²) in [6.45, 7) is 0.350. The number of methoxy groups -OCH3 is 1. The Balaban J connectivity index is 1.92. The molecule has 3 rings (SSSR count). The van der Waals surface area contributed by atoms with Crippen LogP contribution in [0, 0.1) is 5.82 Å². The number of benzene rings is 1. The van der Waals surface area contributed by atoms with E-state index in [2.05, 4.69) is 15.5 Å². The zero-order chi connectivity index (χ0) is 16.9. The molecule has 2 aromatic heterocycles. The summed E-state index contributed by atoms with van der Waals surface area (Å²) in [5.41, 5.74) is 1.75. The van der Waals surface area contributed by atoms with Crippen LogP contribution < -0.4 is 5.32 Å². The van der Waals surface area contributed by atoms with E-state index < -0.39 is 5.97 Å². The summed E-state index contributed by atoms with van der Waals surface area (Å²) < 4.78 is 23.1. The lowest BCUT2D eigenvalue weighted by Gasteiger charge is -2.05. The average Bonchev–Trinajstić information content (AvgIpc) is 3.05. The normalized spacial score (nSPS) is 10.4. The van der Waals surface area contributed by atoms with E-state index in [9.17, 15) is 9.18 Å². The molecule has 122 valence electrons. The third-order valence-corrected chi connectivity index (χ3v) is 3.36. The molecule has 0 aliphatic heterocycles. The molecule has 0 aliphatic rings. The van der Waals surface area contributed by atoms with Crippen LogP contribution in [0.4, 0.5) is 10.3 Å². The fourth-order valence-corrected chi connectivity index (χ4v) is 2.18. The van der Waals surface area contributed by atoms with Crippen molar-refractivity contribution in [2.45, 2.75) is 6.54 Å². The minimum Gasteiger partial charge on any atom is -0.465 e. The molecule has 0 radical (unpaired) electrons. The molecule has 0 aliphatic carbocycles. The molecule has 1 N–H and O–H groups in total. The van der Waals surface area contributed by atoms with E-state index in [0.29, 0.717) is 12.1 Å². The molecule has 3 aromatic rings. The highest BCUT2D eigenvalue weighted by Crippen LogP contribution is 2.30. The monoisotopic (exact) mass is 327 g/mol. The summed E-state index contributed by atoms with van der Waals surface area (Å²) in [5, 5.41) is 6.90. The summed E-state index contributed by atoms with van der Waals surface area (Å²) in [6.07, 6.45) is 1.67. The summed E-state index contributed by atoms with van der Waals surface area (Å²) in [6, 6.07) is 11.1. The van der Waals surface area contributed by atoms with Crippen LogP contribution in [0.5, 0.6) is 0 Å². The lowest BCUT2D eigenvalue weighted by Crippen LogP contribution is -2.08. The minimum absolute atomic E-state index is 0.153. The van der Waals surface area contributed by atoms with Crippen LogP contribution in [0.25, 0.3) is 11.3 Å². The smallest absolute Gasteiger partial charge is 0.345 e. The number of halogens is 1. The van der Waals surface area contributed by atoms with Crippen molar-refractivity contribution in [3.05, 3.63) is 65.7 Å². The average molecular weight is 327 g/mol. The number of aromatic nitrogens is 2. The molecule has 2 heterocycles. The van der Waals surface area contributed by atoms with Gasteiger partial charge in [0.2, 0.25) is 5.88 Å². The van der Waals surface area contributed by atoms with E-state index in [-0.39, 0.29) is 23.0 Å². The van der Waals surface area contributed by atoms with Crippen LogP contribution in [-0.2, 0) is 11.3 Å². The highest BCUT2D eigenvalue weighted by Gasteiger charge is 2.25. The SMILES string of the molecule is COC(=O)c1c(-c2ccc(F)cc2)noc1NCc1ccccn1. The van der Waals surface area contributed by atoms with Crippen LogP contribution in [0.2, 0.25) is 0 Å². The number of hydrogen-bond donors (Lipinski definition) is 1. The van der Waals surface area contributed by atoms with E-state index in [1.165, 1.54) is 31.4 Å². The van der Waals surface area contributed by atoms with E-state index in [0.717, 1.165) is 5.69 Å². The number of nitrogens with zero attached hydrogens (tertiary/aromatic N) is 2. The minimum atomic E-state index is -0.598. The molecule has 6 nitrogen and oxygen atoms in total. The van der Waals surface area contributed by atoms with Gasteiger partial charge in [0, 0.05) is 11.8 Å². The van der Waals surface area contributed by atoms with Gasteiger partial charge in [-0.15, -0.1) is 0 Å². The Morgan fingerprint density at radius 1 is 1.25 bits per heavy atom. The van der Waals surface area contributed by atoms with Crippen LogP contribution >= 0.6 is 0 Å². The van der Waals surface area contributed by atoms with Gasteiger partial charge in [-0.25, -0.2) is 9.18 Å². The highest BCUT2D eigenvalue weighted by molar-refractivity contribution is 6.00. The largest absolute Gasteiger partial charge is 0.465 e. The Labute approximate surface area is 137 Å². The van der Waals surface area contributed by atoms with Crippen LogP contribution in [0.3, 0.4) is 0 Å². The second-order valence-corrected chi connectivity index (χ2v) is 4.91. The molecule has 0 atom stereocenters. The first-order chi connectivity index (χ1) is 11.7. The molecular formula is C17H14FN3O3. The van der Waals surface area contributed by atoms with Gasteiger partial charge in [-0.3, -0.25) is 4.98 Å². The number of carbonyl (C=O) groups excluding carboxylic acids is 1. The first kappa shape index (κ1) is 15.7. The lowest BCUT2D eigenvalue weighted by molar-refractivity contribution is 0.0602. The summed E-state index contributed by atoms with van der Waals surface area (Å²) in [7, 11) is 1.27. The molecule has 0 saturated carbocycles. The third-order valence-electron chi connectivity index (χ3n) is 3.36. The van der Waals surface area contributed by atoms with E-state index >= 15 is 0 Å². The van der Waals surface area contributed by atoms with Gasteiger partial charge in [-0.05, 0) is 36.4 Å². The van der Waals surface area contributed by atoms with Gasteiger partial charge in [0.15, 0.2) is 5.56 Å². The Hall–Kier alpha value is -3.22. The Morgan fingerprint density at radius 3 is 2.71 bits per heavy atom. The van der Waals surface area contributed by atoms with Crippen molar-refractivity contribution >= 4 is 11.9 Å². The van der Waals surface area contributed by atoms with Crippen molar-refractivity contribution in [3.8, 4) is 11.3 Å². The number of esters is 1. The van der Waals surface area contributed by atoms with Crippen molar-refractivity contribution in [2.24, 2.45) is 0 Å². The topological polar surface area (TPSA) is 77.2 Å². The second kappa shape index (κ2) is 6.91. The number of nitrogens with one attached hydrogen (secondary N) is 1. The van der Waals surface area contributed by atoms with Gasteiger partial charge in [-0.1, -0.05) is 11.2 Å². The van der Waals surface area contributed by atoms with Gasteiger partial charge in [0.25, 0.3) is 0 Å². The fourth-order valence-electron chi connectivity index (χ4n) is 2.18. The van der Waals surface area contributed by atoms with Crippen molar-refractivity contribution in [1.82, 2.24) is 10.1 Å². The predicted molar refractivity (Wildman–Crippen MR) is 84.8 cm³/mol. The van der Waals surface area contributed by atoms with Crippen LogP contribution in [0.1, 0.15) is 16.1 Å². The molecule has 0 saturated heterocycles. The summed E-state index contributed by atoms with van der Waals surface area (Å²) in [5.74, 6) is -0.804. The number of carbonyl (C=O) groups is 1. The second-order valence-electron chi connectivity index (χ2n) is 4.91. The Kier molecular flexibility index (Phi) is 4.51. The maximum absolute atomic E-state index is 13.1. The van der Waals surface area contributed by atoms with Gasteiger partial charge in [0.1, 0.15) is 11.5 Å². The van der Waals surface area contributed by atoms with Crippen molar-refractivity contribution in [2.75, 3.05) is 12.4 Å². The molecule has 0 spiro atoms. The molecule has 0 unspecified atom stereocenters. The molecule has 24 heavy (non-hydrogen) atoms. The molecule has 1 aromatic carbocycles. The van der Waals surface area contributed by atoms with Gasteiger partial charge >= 0.3 is 5.97 Å². The Bertz CT molecular complexity index is 832. The van der Waals surface area contributed by atoms with E-state index in [1.807, 2.05) is 18.2 Å². The molecular weight excluding hydrogens is 313 g/mol. The lowest BCUT2D eigenvalue weighted by atomic mass is 10.1. The quantitative estimate of drug-likeness (QED) is 0.725. The number of ether oxygens (including phenoxy) is 1. The van der Waals surface area contributed by atoms with Gasteiger partial charge in [0.05, 0.1) is 19.3 Å². The molecule has 0 bridgehead atoms. The first-order valence-electron chi connectivity index (χ1n) is 7.16. The van der Waals surface area contributed by atoms with Crippen LogP contribution in [0.15, 0.2) is 53.2 Å². The number of hydrogen-bond acceptors (Lipinski definition) is 6. The van der Waals surface area contributed by atoms with E-state index in [1.54, 1.807) is 6.20 Å². The highest BCUT2D eigenvalue weighted by atomic mass is 19.1. The molecule has 0 amide bonds. The van der Waals surface area contributed by atoms with E-state index in [4.69, 9.17) is 9.26 Å². The maximum Gasteiger partial charge on any atom is 0.345 e.